The molecule has 0 aliphatic carbocycles. The maximum absolute atomic E-state index is 5.60. The van der Waals surface area contributed by atoms with Crippen molar-refractivity contribution in [2.45, 2.75) is 25.5 Å². The van der Waals surface area contributed by atoms with Gasteiger partial charge in [-0.25, -0.2) is 0 Å². The Hall–Kier alpha value is -2.29. The molecule has 1 aliphatic heterocycles. The lowest BCUT2D eigenvalue weighted by Crippen LogP contribution is -2.27. The predicted molar refractivity (Wildman–Crippen MR) is 105 cm³/mol. The second-order valence-electron chi connectivity index (χ2n) is 5.86. The number of hydrogen-bond acceptors (Lipinski definition) is 7. The second kappa shape index (κ2) is 7.53. The SMILES string of the molecule is CCn1c(SCN2C=C(c3cccc(C)c3)ON2)nnc1-c1ccsc1. The highest BCUT2D eigenvalue weighted by Crippen LogP contribution is 2.27. The van der Waals surface area contributed by atoms with Gasteiger partial charge in [0.15, 0.2) is 16.7 Å². The molecule has 1 aliphatic rings. The maximum Gasteiger partial charge on any atom is 0.193 e. The molecule has 26 heavy (non-hydrogen) atoms. The van der Waals surface area contributed by atoms with Crippen molar-refractivity contribution in [2.75, 3.05) is 5.88 Å². The number of hydrogen-bond donors (Lipinski definition) is 1. The van der Waals surface area contributed by atoms with Crippen LogP contribution < -0.4 is 5.59 Å². The highest BCUT2D eigenvalue weighted by atomic mass is 32.2. The third kappa shape index (κ3) is 3.48. The van der Waals surface area contributed by atoms with Crippen LogP contribution in [0.5, 0.6) is 0 Å². The zero-order valence-electron chi connectivity index (χ0n) is 14.5. The van der Waals surface area contributed by atoms with E-state index in [0.29, 0.717) is 5.88 Å². The van der Waals surface area contributed by atoms with E-state index in [1.165, 1.54) is 5.56 Å². The molecule has 0 fully saturated rings. The first-order valence-corrected chi connectivity index (χ1v) is 10.2. The van der Waals surface area contributed by atoms with Crippen molar-refractivity contribution in [3.05, 3.63) is 58.4 Å². The van der Waals surface area contributed by atoms with E-state index in [1.807, 2.05) is 23.3 Å². The highest BCUT2D eigenvalue weighted by molar-refractivity contribution is 7.99. The Kier molecular flexibility index (Phi) is 4.96. The lowest BCUT2D eigenvalue weighted by atomic mass is 10.1. The van der Waals surface area contributed by atoms with E-state index in [2.05, 4.69) is 63.2 Å². The van der Waals surface area contributed by atoms with E-state index in [9.17, 15) is 0 Å². The van der Waals surface area contributed by atoms with Gasteiger partial charge >= 0.3 is 0 Å². The Labute approximate surface area is 160 Å². The van der Waals surface area contributed by atoms with Crippen LogP contribution in [0.4, 0.5) is 0 Å². The maximum atomic E-state index is 5.60. The zero-order chi connectivity index (χ0) is 17.9. The summed E-state index contributed by atoms with van der Waals surface area (Å²) >= 11 is 3.28. The minimum atomic E-state index is 0.664. The molecule has 1 N–H and O–H groups in total. The van der Waals surface area contributed by atoms with Gasteiger partial charge in [0.1, 0.15) is 0 Å². The van der Waals surface area contributed by atoms with Gasteiger partial charge in [0.25, 0.3) is 0 Å². The largest absolute Gasteiger partial charge is 0.387 e. The molecule has 0 radical (unpaired) electrons. The molecule has 0 unspecified atom stereocenters. The summed E-state index contributed by atoms with van der Waals surface area (Å²) < 4.78 is 2.13. The number of thioether (sulfide) groups is 1. The molecule has 8 heteroatoms. The second-order valence-corrected chi connectivity index (χ2v) is 7.55. The molecule has 4 rings (SSSR count). The Bertz CT molecular complexity index is 920. The van der Waals surface area contributed by atoms with Crippen LogP contribution in [0.25, 0.3) is 17.1 Å². The molecule has 0 saturated carbocycles. The molecule has 134 valence electrons. The Morgan fingerprint density at radius 3 is 2.92 bits per heavy atom. The van der Waals surface area contributed by atoms with Gasteiger partial charge in [-0.15, -0.1) is 10.2 Å². The number of benzene rings is 1. The summed E-state index contributed by atoms with van der Waals surface area (Å²) in [5, 5.41) is 15.7. The van der Waals surface area contributed by atoms with Crippen LogP contribution in [-0.4, -0.2) is 25.7 Å². The monoisotopic (exact) mass is 385 g/mol. The fourth-order valence-electron chi connectivity index (χ4n) is 2.71. The van der Waals surface area contributed by atoms with Crippen molar-refractivity contribution in [3.63, 3.8) is 0 Å². The van der Waals surface area contributed by atoms with Gasteiger partial charge in [0.05, 0.1) is 12.1 Å². The number of rotatable bonds is 6. The lowest BCUT2D eigenvalue weighted by molar-refractivity contribution is 0.0607. The van der Waals surface area contributed by atoms with E-state index in [4.69, 9.17) is 4.84 Å². The molecule has 2 aromatic heterocycles. The van der Waals surface area contributed by atoms with E-state index in [1.54, 1.807) is 23.1 Å². The normalized spacial score (nSPS) is 13.8. The fraction of sp³-hybridized carbons (Fsp3) is 0.222. The summed E-state index contributed by atoms with van der Waals surface area (Å²) in [7, 11) is 0. The van der Waals surface area contributed by atoms with Gasteiger partial charge in [0, 0.05) is 23.1 Å². The summed E-state index contributed by atoms with van der Waals surface area (Å²) in [6.07, 6.45) is 1.97. The average molecular weight is 386 g/mol. The van der Waals surface area contributed by atoms with E-state index in [0.717, 1.165) is 34.4 Å². The third-order valence-corrected chi connectivity index (χ3v) is 5.64. The Morgan fingerprint density at radius 2 is 2.15 bits per heavy atom. The zero-order valence-corrected chi connectivity index (χ0v) is 16.2. The van der Waals surface area contributed by atoms with Gasteiger partial charge in [-0.1, -0.05) is 41.1 Å². The average Bonchev–Trinajstić information content (AvgIpc) is 3.39. The first kappa shape index (κ1) is 17.1. The highest BCUT2D eigenvalue weighted by Gasteiger charge is 2.18. The summed E-state index contributed by atoms with van der Waals surface area (Å²) in [6.45, 7) is 5.01. The minimum Gasteiger partial charge on any atom is -0.387 e. The number of thiophene rings is 1. The van der Waals surface area contributed by atoms with Crippen molar-refractivity contribution in [1.29, 1.82) is 0 Å². The fourth-order valence-corrected chi connectivity index (χ4v) is 4.20. The molecule has 0 bridgehead atoms. The van der Waals surface area contributed by atoms with E-state index < -0.39 is 0 Å². The molecule has 0 amide bonds. The Balaban J connectivity index is 1.45. The van der Waals surface area contributed by atoms with Gasteiger partial charge < -0.3 is 9.40 Å². The van der Waals surface area contributed by atoms with Crippen LogP contribution in [0, 0.1) is 6.92 Å². The van der Waals surface area contributed by atoms with Crippen molar-refractivity contribution < 1.29 is 4.84 Å². The quantitative estimate of drug-likeness (QED) is 0.644. The van der Waals surface area contributed by atoms with Crippen molar-refractivity contribution in [2.24, 2.45) is 0 Å². The van der Waals surface area contributed by atoms with Crippen LogP contribution in [-0.2, 0) is 11.4 Å². The molecule has 6 nitrogen and oxygen atoms in total. The standard InChI is InChI=1S/C18H19N5OS2/c1-3-23-17(15-7-8-25-11-15)19-20-18(23)26-12-22-10-16(24-21-22)14-6-4-5-13(2)9-14/h4-11,21H,3,12H2,1-2H3. The van der Waals surface area contributed by atoms with Crippen molar-refractivity contribution in [1.82, 2.24) is 25.4 Å². The molecular formula is C18H19N5OS2. The molecule has 0 saturated heterocycles. The lowest BCUT2D eigenvalue weighted by Gasteiger charge is -2.13. The summed E-state index contributed by atoms with van der Waals surface area (Å²) in [5.41, 5.74) is 6.30. The van der Waals surface area contributed by atoms with E-state index >= 15 is 0 Å². The van der Waals surface area contributed by atoms with Crippen molar-refractivity contribution >= 4 is 28.9 Å². The van der Waals surface area contributed by atoms with Gasteiger partial charge in [0.2, 0.25) is 0 Å². The van der Waals surface area contributed by atoms with Gasteiger partial charge in [-0.2, -0.15) is 11.3 Å². The van der Waals surface area contributed by atoms with Crippen LogP contribution in [0.15, 0.2) is 52.4 Å². The number of nitrogens with one attached hydrogen (secondary N) is 1. The molecule has 1 aromatic carbocycles. The number of aromatic nitrogens is 3. The molecule has 3 heterocycles. The number of hydrazine groups is 1. The number of nitrogens with zero attached hydrogens (tertiary/aromatic N) is 4. The van der Waals surface area contributed by atoms with Crippen LogP contribution in [0.3, 0.4) is 0 Å². The van der Waals surface area contributed by atoms with Crippen LogP contribution in [0.2, 0.25) is 0 Å². The third-order valence-electron chi connectivity index (χ3n) is 3.99. The molecule has 0 spiro atoms. The number of aryl methyl sites for hydroxylation is 1. The van der Waals surface area contributed by atoms with E-state index in [-0.39, 0.29) is 0 Å². The van der Waals surface area contributed by atoms with Crippen LogP contribution >= 0.6 is 23.1 Å². The van der Waals surface area contributed by atoms with Crippen LogP contribution in [0.1, 0.15) is 18.1 Å². The molecule has 3 aromatic rings. The summed E-state index contributed by atoms with van der Waals surface area (Å²) in [4.78, 5) is 5.60. The molecular weight excluding hydrogens is 366 g/mol. The smallest absolute Gasteiger partial charge is 0.193 e. The molecule has 0 atom stereocenters. The van der Waals surface area contributed by atoms with Gasteiger partial charge in [-0.05, 0) is 31.4 Å². The summed E-state index contributed by atoms with van der Waals surface area (Å²) in [5.74, 6) is 2.39. The Morgan fingerprint density at radius 1 is 1.23 bits per heavy atom. The first-order chi connectivity index (χ1) is 12.7. The topological polar surface area (TPSA) is 55.2 Å². The van der Waals surface area contributed by atoms with Crippen molar-refractivity contribution in [3.8, 4) is 11.4 Å². The predicted octanol–water partition coefficient (Wildman–Crippen LogP) is 4.13. The first-order valence-electron chi connectivity index (χ1n) is 8.31. The van der Waals surface area contributed by atoms with Gasteiger partial charge in [-0.3, -0.25) is 5.01 Å². The summed E-state index contributed by atoms with van der Waals surface area (Å²) in [6, 6.07) is 10.3. The minimum absolute atomic E-state index is 0.664.